The summed E-state index contributed by atoms with van der Waals surface area (Å²) in [5.74, 6) is 0.534. The molecule has 1 atom stereocenters. The van der Waals surface area contributed by atoms with Crippen LogP contribution in [0.5, 0.6) is 0 Å². The Morgan fingerprint density at radius 1 is 1.37 bits per heavy atom. The number of benzene rings is 1. The number of carbonyl (C=O) groups excluding carboxylic acids is 1. The van der Waals surface area contributed by atoms with Crippen LogP contribution in [0.25, 0.3) is 0 Å². The Balaban J connectivity index is 1.80. The van der Waals surface area contributed by atoms with Crippen LogP contribution in [0.2, 0.25) is 0 Å². The van der Waals surface area contributed by atoms with E-state index in [0.29, 0.717) is 19.1 Å². The minimum absolute atomic E-state index is 0.0696. The molecule has 1 aromatic rings. The highest BCUT2D eigenvalue weighted by atomic mass is 16.6. The third-order valence-electron chi connectivity index (χ3n) is 2.98. The number of para-hydroxylation sites is 1. The average molecular weight is 263 g/mol. The van der Waals surface area contributed by atoms with Gasteiger partial charge in [0.2, 0.25) is 0 Å². The molecule has 0 saturated carbocycles. The Morgan fingerprint density at radius 3 is 2.79 bits per heavy atom. The van der Waals surface area contributed by atoms with E-state index in [-0.39, 0.29) is 12.2 Å². The first-order chi connectivity index (χ1) is 9.16. The van der Waals surface area contributed by atoms with E-state index in [9.17, 15) is 4.79 Å². The van der Waals surface area contributed by atoms with Crippen LogP contribution in [0.3, 0.4) is 0 Å². The fourth-order valence-electron chi connectivity index (χ4n) is 2.02. The molecule has 1 fully saturated rings. The molecule has 4 nitrogen and oxygen atoms in total. The average Bonchev–Trinajstić information content (AvgIpc) is 2.77. The van der Waals surface area contributed by atoms with Gasteiger partial charge in [0.25, 0.3) is 0 Å². The number of amides is 1. The lowest BCUT2D eigenvalue weighted by atomic mass is 10.2. The monoisotopic (exact) mass is 263 g/mol. The molecule has 4 heteroatoms. The number of ether oxygens (including phenoxy) is 2. The molecule has 1 aliphatic heterocycles. The molecule has 19 heavy (non-hydrogen) atoms. The molecule has 1 aromatic carbocycles. The van der Waals surface area contributed by atoms with Gasteiger partial charge in [0, 0.05) is 18.7 Å². The van der Waals surface area contributed by atoms with Crippen LogP contribution in [0, 0.1) is 5.92 Å². The summed E-state index contributed by atoms with van der Waals surface area (Å²) in [7, 11) is 0. The minimum atomic E-state index is -0.264. The molecule has 104 valence electrons. The van der Waals surface area contributed by atoms with Gasteiger partial charge in [-0.05, 0) is 18.1 Å². The Hall–Kier alpha value is -1.55. The Bertz CT molecular complexity index is 405. The zero-order valence-corrected chi connectivity index (χ0v) is 11.5. The molecule has 0 bridgehead atoms. The van der Waals surface area contributed by atoms with Gasteiger partial charge in [0.15, 0.2) is 0 Å². The van der Waals surface area contributed by atoms with Crippen LogP contribution >= 0.6 is 0 Å². The normalized spacial score (nSPS) is 19.0. The third kappa shape index (κ3) is 3.96. The predicted molar refractivity (Wildman–Crippen MR) is 74.3 cm³/mol. The molecule has 1 saturated heterocycles. The van der Waals surface area contributed by atoms with Crippen molar-refractivity contribution in [2.24, 2.45) is 5.92 Å². The molecular formula is C15H21NO3. The Kier molecular flexibility index (Phi) is 4.80. The van der Waals surface area contributed by atoms with Gasteiger partial charge in [-0.15, -0.1) is 0 Å². The molecule has 0 N–H and O–H groups in total. The number of nitrogens with zero attached hydrogens (tertiary/aromatic N) is 1. The highest BCUT2D eigenvalue weighted by Gasteiger charge is 2.31. The van der Waals surface area contributed by atoms with E-state index in [1.807, 2.05) is 30.3 Å². The molecule has 0 aromatic heterocycles. The molecule has 1 aliphatic rings. The minimum Gasteiger partial charge on any atom is -0.444 e. The zero-order chi connectivity index (χ0) is 13.7. The lowest BCUT2D eigenvalue weighted by molar-refractivity contribution is 0.0723. The summed E-state index contributed by atoms with van der Waals surface area (Å²) < 4.78 is 10.9. The van der Waals surface area contributed by atoms with Crippen LogP contribution < -0.4 is 4.90 Å². The lowest BCUT2D eigenvalue weighted by Crippen LogP contribution is -2.24. The van der Waals surface area contributed by atoms with Crippen LogP contribution in [0.15, 0.2) is 30.3 Å². The molecule has 0 aliphatic carbocycles. The van der Waals surface area contributed by atoms with Gasteiger partial charge < -0.3 is 9.47 Å². The first-order valence-corrected chi connectivity index (χ1v) is 6.77. The van der Waals surface area contributed by atoms with Crippen LogP contribution in [-0.2, 0) is 9.47 Å². The number of hydrogen-bond acceptors (Lipinski definition) is 3. The number of anilines is 1. The van der Waals surface area contributed by atoms with Gasteiger partial charge in [-0.1, -0.05) is 32.0 Å². The molecule has 1 unspecified atom stereocenters. The van der Waals surface area contributed by atoms with Crippen molar-refractivity contribution in [3.05, 3.63) is 30.3 Å². The van der Waals surface area contributed by atoms with Crippen molar-refractivity contribution < 1.29 is 14.3 Å². The van der Waals surface area contributed by atoms with Gasteiger partial charge >= 0.3 is 6.09 Å². The molecule has 1 heterocycles. The standard InChI is InChI=1S/C15H21NO3/c1-12(2)11-18-9-8-14-10-16(15(17)19-14)13-6-4-3-5-7-13/h3-7,12,14H,8-11H2,1-2H3. The first kappa shape index (κ1) is 13.9. The van der Waals surface area contributed by atoms with E-state index in [1.165, 1.54) is 0 Å². The number of rotatable bonds is 6. The van der Waals surface area contributed by atoms with Crippen molar-refractivity contribution >= 4 is 11.8 Å². The van der Waals surface area contributed by atoms with Crippen molar-refractivity contribution in [3.63, 3.8) is 0 Å². The topological polar surface area (TPSA) is 38.8 Å². The maximum atomic E-state index is 11.8. The van der Waals surface area contributed by atoms with Gasteiger partial charge in [-0.2, -0.15) is 0 Å². The van der Waals surface area contributed by atoms with Crippen LogP contribution in [-0.4, -0.2) is 32.0 Å². The lowest BCUT2D eigenvalue weighted by Gasteiger charge is -2.12. The van der Waals surface area contributed by atoms with Crippen molar-refractivity contribution in [2.75, 3.05) is 24.7 Å². The van der Waals surface area contributed by atoms with Crippen molar-refractivity contribution in [1.29, 1.82) is 0 Å². The molecule has 2 rings (SSSR count). The molecular weight excluding hydrogens is 242 g/mol. The van der Waals surface area contributed by atoms with Crippen molar-refractivity contribution in [3.8, 4) is 0 Å². The second kappa shape index (κ2) is 6.57. The second-order valence-electron chi connectivity index (χ2n) is 5.21. The van der Waals surface area contributed by atoms with Crippen molar-refractivity contribution in [1.82, 2.24) is 0 Å². The quantitative estimate of drug-likeness (QED) is 0.740. The smallest absolute Gasteiger partial charge is 0.414 e. The largest absolute Gasteiger partial charge is 0.444 e. The zero-order valence-electron chi connectivity index (χ0n) is 11.5. The summed E-state index contributed by atoms with van der Waals surface area (Å²) >= 11 is 0. The van der Waals surface area contributed by atoms with Crippen molar-refractivity contribution in [2.45, 2.75) is 26.4 Å². The summed E-state index contributed by atoms with van der Waals surface area (Å²) in [6.45, 7) is 6.23. The summed E-state index contributed by atoms with van der Waals surface area (Å²) in [6.07, 6.45) is 0.418. The molecule has 0 spiro atoms. The van der Waals surface area contributed by atoms with E-state index in [2.05, 4.69) is 13.8 Å². The van der Waals surface area contributed by atoms with E-state index >= 15 is 0 Å². The Labute approximate surface area is 114 Å². The molecule has 1 amide bonds. The molecule has 0 radical (unpaired) electrons. The fourth-order valence-corrected chi connectivity index (χ4v) is 2.02. The summed E-state index contributed by atoms with van der Waals surface area (Å²) in [5, 5.41) is 0. The Morgan fingerprint density at radius 2 is 2.11 bits per heavy atom. The highest BCUT2D eigenvalue weighted by Crippen LogP contribution is 2.22. The van der Waals surface area contributed by atoms with E-state index < -0.39 is 0 Å². The summed E-state index contributed by atoms with van der Waals surface area (Å²) in [6, 6.07) is 9.60. The van der Waals surface area contributed by atoms with Gasteiger partial charge in [0.1, 0.15) is 6.10 Å². The van der Waals surface area contributed by atoms with Crippen LogP contribution in [0.1, 0.15) is 20.3 Å². The van der Waals surface area contributed by atoms with Gasteiger partial charge in [-0.3, -0.25) is 4.90 Å². The van der Waals surface area contributed by atoms with Crippen LogP contribution in [0.4, 0.5) is 10.5 Å². The first-order valence-electron chi connectivity index (χ1n) is 6.77. The fraction of sp³-hybridized carbons (Fsp3) is 0.533. The number of hydrogen-bond donors (Lipinski definition) is 0. The highest BCUT2D eigenvalue weighted by molar-refractivity contribution is 5.89. The predicted octanol–water partition coefficient (Wildman–Crippen LogP) is 3.07. The number of cyclic esters (lactones) is 1. The SMILES string of the molecule is CC(C)COCCC1CN(c2ccccc2)C(=O)O1. The van der Waals surface area contributed by atoms with E-state index in [0.717, 1.165) is 18.7 Å². The van der Waals surface area contributed by atoms with E-state index in [1.54, 1.807) is 4.90 Å². The second-order valence-corrected chi connectivity index (χ2v) is 5.21. The maximum Gasteiger partial charge on any atom is 0.414 e. The number of carbonyl (C=O) groups is 1. The van der Waals surface area contributed by atoms with E-state index in [4.69, 9.17) is 9.47 Å². The van der Waals surface area contributed by atoms with Gasteiger partial charge in [0.05, 0.1) is 13.2 Å². The summed E-state index contributed by atoms with van der Waals surface area (Å²) in [4.78, 5) is 13.5. The maximum absolute atomic E-state index is 11.8. The third-order valence-corrected chi connectivity index (χ3v) is 2.98. The summed E-state index contributed by atoms with van der Waals surface area (Å²) in [5.41, 5.74) is 0.887. The van der Waals surface area contributed by atoms with Gasteiger partial charge in [-0.25, -0.2) is 4.79 Å².